The van der Waals surface area contributed by atoms with Crippen molar-refractivity contribution >= 4 is 15.9 Å². The topological polar surface area (TPSA) is 69.6 Å². The van der Waals surface area contributed by atoms with E-state index in [9.17, 15) is 8.42 Å². The zero-order valence-electron chi connectivity index (χ0n) is 10.3. The lowest BCUT2D eigenvalue weighted by Crippen LogP contribution is -2.44. The quantitative estimate of drug-likeness (QED) is 0.824. The summed E-state index contributed by atoms with van der Waals surface area (Å²) in [5.41, 5.74) is 0.463. The van der Waals surface area contributed by atoms with Gasteiger partial charge in [-0.15, -0.1) is 0 Å². The van der Waals surface area contributed by atoms with E-state index < -0.39 is 10.2 Å². The van der Waals surface area contributed by atoms with Gasteiger partial charge < -0.3 is 5.11 Å². The predicted molar refractivity (Wildman–Crippen MR) is 70.7 cm³/mol. The van der Waals surface area contributed by atoms with Gasteiger partial charge in [0.15, 0.2) is 0 Å². The molecule has 18 heavy (non-hydrogen) atoms. The van der Waals surface area contributed by atoms with Crippen LogP contribution in [0.15, 0.2) is 24.3 Å². The molecule has 1 fully saturated rings. The summed E-state index contributed by atoms with van der Waals surface area (Å²) in [4.78, 5) is 0. The van der Waals surface area contributed by atoms with Crippen LogP contribution in [0.2, 0.25) is 0 Å². The Morgan fingerprint density at radius 2 is 1.94 bits per heavy atom. The first-order valence-electron chi connectivity index (χ1n) is 6.08. The highest BCUT2D eigenvalue weighted by Gasteiger charge is 2.29. The molecule has 0 saturated carbocycles. The third-order valence-electron chi connectivity index (χ3n) is 3.16. The highest BCUT2D eigenvalue weighted by molar-refractivity contribution is 7.90. The van der Waals surface area contributed by atoms with Crippen LogP contribution in [-0.4, -0.2) is 30.4 Å². The number of rotatable bonds is 3. The van der Waals surface area contributed by atoms with Crippen molar-refractivity contribution in [3.63, 3.8) is 0 Å². The third kappa shape index (κ3) is 2.94. The van der Waals surface area contributed by atoms with Crippen LogP contribution in [0, 0.1) is 0 Å². The molecule has 1 saturated heterocycles. The van der Waals surface area contributed by atoms with E-state index in [0.717, 1.165) is 19.3 Å². The van der Waals surface area contributed by atoms with E-state index in [-0.39, 0.29) is 11.8 Å². The Morgan fingerprint density at radius 1 is 1.28 bits per heavy atom. The summed E-state index contributed by atoms with van der Waals surface area (Å²) < 4.78 is 28.4. The minimum Gasteiger partial charge on any atom is -0.508 e. The monoisotopic (exact) mass is 270 g/mol. The van der Waals surface area contributed by atoms with Gasteiger partial charge in [-0.1, -0.05) is 6.42 Å². The molecule has 1 aliphatic rings. The molecular weight excluding hydrogens is 252 g/mol. The molecule has 5 nitrogen and oxygen atoms in total. The van der Waals surface area contributed by atoms with Gasteiger partial charge in [0.1, 0.15) is 5.75 Å². The van der Waals surface area contributed by atoms with Crippen LogP contribution >= 0.6 is 0 Å². The molecular formula is C12H18N2O3S. The molecule has 1 aliphatic heterocycles. The minimum atomic E-state index is -3.50. The average molecular weight is 270 g/mol. The lowest BCUT2D eigenvalue weighted by Gasteiger charge is -2.32. The van der Waals surface area contributed by atoms with Gasteiger partial charge >= 0.3 is 10.2 Å². The van der Waals surface area contributed by atoms with Gasteiger partial charge in [0, 0.05) is 12.6 Å². The zero-order chi connectivity index (χ0) is 13.2. The largest absolute Gasteiger partial charge is 0.508 e. The summed E-state index contributed by atoms with van der Waals surface area (Å²) in [6.07, 6.45) is 2.88. The molecule has 2 N–H and O–H groups in total. The van der Waals surface area contributed by atoms with Crippen molar-refractivity contribution in [3.05, 3.63) is 24.3 Å². The van der Waals surface area contributed by atoms with Gasteiger partial charge in [0.2, 0.25) is 0 Å². The fourth-order valence-corrected chi connectivity index (χ4v) is 3.67. The SMILES string of the molecule is CC1CCCCN1S(=O)(=O)Nc1ccc(O)cc1. The smallest absolute Gasteiger partial charge is 0.301 e. The number of anilines is 1. The minimum absolute atomic E-state index is 0.0355. The van der Waals surface area contributed by atoms with Gasteiger partial charge in [-0.3, -0.25) is 4.72 Å². The predicted octanol–water partition coefficient (Wildman–Crippen LogP) is 1.92. The Balaban J connectivity index is 2.13. The van der Waals surface area contributed by atoms with Crippen molar-refractivity contribution in [2.24, 2.45) is 0 Å². The Labute approximate surface area is 108 Å². The first-order valence-corrected chi connectivity index (χ1v) is 7.52. The molecule has 6 heteroatoms. The van der Waals surface area contributed by atoms with Crippen LogP contribution in [-0.2, 0) is 10.2 Å². The normalized spacial score (nSPS) is 21.7. The number of piperidine rings is 1. The number of nitrogens with one attached hydrogen (secondary N) is 1. The second-order valence-electron chi connectivity index (χ2n) is 4.61. The van der Waals surface area contributed by atoms with Crippen LogP contribution in [0.4, 0.5) is 5.69 Å². The molecule has 2 rings (SSSR count). The van der Waals surface area contributed by atoms with Crippen LogP contribution in [0.25, 0.3) is 0 Å². The number of hydrogen-bond acceptors (Lipinski definition) is 3. The highest BCUT2D eigenvalue weighted by atomic mass is 32.2. The van der Waals surface area contributed by atoms with Crippen molar-refractivity contribution in [1.82, 2.24) is 4.31 Å². The van der Waals surface area contributed by atoms with E-state index in [4.69, 9.17) is 5.11 Å². The molecule has 0 aromatic heterocycles. The number of benzene rings is 1. The maximum atomic E-state index is 12.2. The van der Waals surface area contributed by atoms with Crippen molar-refractivity contribution in [2.75, 3.05) is 11.3 Å². The molecule has 1 heterocycles. The second kappa shape index (κ2) is 5.16. The summed E-state index contributed by atoms with van der Waals surface area (Å²) in [5, 5.41) is 9.16. The molecule has 1 aromatic carbocycles. The molecule has 100 valence electrons. The number of phenolic OH excluding ortho intramolecular Hbond substituents is 1. The lowest BCUT2D eigenvalue weighted by atomic mass is 10.1. The Morgan fingerprint density at radius 3 is 2.56 bits per heavy atom. The van der Waals surface area contributed by atoms with E-state index in [1.165, 1.54) is 16.4 Å². The summed E-state index contributed by atoms with van der Waals surface area (Å²) in [5.74, 6) is 0.115. The first-order chi connectivity index (χ1) is 8.49. The van der Waals surface area contributed by atoms with E-state index in [1.807, 2.05) is 6.92 Å². The van der Waals surface area contributed by atoms with Gasteiger partial charge in [-0.05, 0) is 44.0 Å². The number of hydrogen-bond donors (Lipinski definition) is 2. The van der Waals surface area contributed by atoms with E-state index in [2.05, 4.69) is 4.72 Å². The number of aromatic hydroxyl groups is 1. The molecule has 0 spiro atoms. The molecule has 1 aromatic rings. The Hall–Kier alpha value is -1.27. The standard InChI is InChI=1S/C12H18N2O3S/c1-10-4-2-3-9-14(10)18(16,17)13-11-5-7-12(15)8-6-11/h5-8,10,13,15H,2-4,9H2,1H3. The summed E-state index contributed by atoms with van der Waals surface area (Å²) in [6.45, 7) is 2.49. The second-order valence-corrected chi connectivity index (χ2v) is 6.23. The van der Waals surface area contributed by atoms with E-state index in [0.29, 0.717) is 12.2 Å². The maximum Gasteiger partial charge on any atom is 0.301 e. The molecule has 1 atom stereocenters. The van der Waals surface area contributed by atoms with E-state index >= 15 is 0 Å². The number of nitrogens with zero attached hydrogens (tertiary/aromatic N) is 1. The fourth-order valence-electron chi connectivity index (χ4n) is 2.17. The number of phenols is 1. The average Bonchev–Trinajstić information content (AvgIpc) is 2.32. The van der Waals surface area contributed by atoms with Gasteiger partial charge in [-0.2, -0.15) is 12.7 Å². The third-order valence-corrected chi connectivity index (χ3v) is 4.82. The molecule has 0 bridgehead atoms. The van der Waals surface area contributed by atoms with Gasteiger partial charge in [-0.25, -0.2) is 0 Å². The lowest BCUT2D eigenvalue weighted by molar-refractivity contribution is 0.270. The van der Waals surface area contributed by atoms with Crippen molar-refractivity contribution in [2.45, 2.75) is 32.2 Å². The van der Waals surface area contributed by atoms with Crippen molar-refractivity contribution in [1.29, 1.82) is 0 Å². The summed E-state index contributed by atoms with van der Waals surface area (Å²) >= 11 is 0. The van der Waals surface area contributed by atoms with Crippen molar-refractivity contribution in [3.8, 4) is 5.75 Å². The van der Waals surface area contributed by atoms with Crippen LogP contribution in [0.1, 0.15) is 26.2 Å². The zero-order valence-corrected chi connectivity index (χ0v) is 11.2. The van der Waals surface area contributed by atoms with Gasteiger partial charge in [0.05, 0.1) is 5.69 Å². The summed E-state index contributed by atoms with van der Waals surface area (Å²) in [6, 6.07) is 6.03. The Kier molecular flexibility index (Phi) is 3.77. The fraction of sp³-hybridized carbons (Fsp3) is 0.500. The van der Waals surface area contributed by atoms with Crippen LogP contribution in [0.5, 0.6) is 5.75 Å². The van der Waals surface area contributed by atoms with Crippen LogP contribution in [0.3, 0.4) is 0 Å². The molecule has 1 unspecified atom stereocenters. The molecule has 0 aliphatic carbocycles. The Bertz CT molecular complexity index is 499. The van der Waals surface area contributed by atoms with Gasteiger partial charge in [0.25, 0.3) is 0 Å². The highest BCUT2D eigenvalue weighted by Crippen LogP contribution is 2.22. The molecule has 0 radical (unpaired) electrons. The van der Waals surface area contributed by atoms with E-state index in [1.54, 1.807) is 12.1 Å². The van der Waals surface area contributed by atoms with Crippen molar-refractivity contribution < 1.29 is 13.5 Å². The first kappa shape index (κ1) is 13.2. The maximum absolute atomic E-state index is 12.2. The van der Waals surface area contributed by atoms with Crippen LogP contribution < -0.4 is 4.72 Å². The molecule has 0 amide bonds. The summed E-state index contributed by atoms with van der Waals surface area (Å²) in [7, 11) is -3.50.